The molecule has 0 radical (unpaired) electrons. The van der Waals surface area contributed by atoms with E-state index in [-0.39, 0.29) is 0 Å². The molecule has 0 bridgehead atoms. The number of nitrogens with zero attached hydrogens (tertiary/aromatic N) is 1. The van der Waals surface area contributed by atoms with Gasteiger partial charge in [0.2, 0.25) is 0 Å². The third-order valence-corrected chi connectivity index (χ3v) is 5.00. The number of fused-ring (bicyclic) bond motifs is 1. The molecule has 122 valence electrons. The first-order valence-corrected chi connectivity index (χ1v) is 8.90. The minimum absolute atomic E-state index is 0.787. The van der Waals surface area contributed by atoms with Crippen LogP contribution in [0.1, 0.15) is 16.8 Å². The Labute approximate surface area is 148 Å². The van der Waals surface area contributed by atoms with Crippen LogP contribution in [0.4, 0.5) is 0 Å². The van der Waals surface area contributed by atoms with Gasteiger partial charge in [-0.25, -0.2) is 0 Å². The van der Waals surface area contributed by atoms with E-state index >= 15 is 0 Å². The van der Waals surface area contributed by atoms with Gasteiger partial charge in [-0.2, -0.15) is 0 Å². The van der Waals surface area contributed by atoms with Gasteiger partial charge in [0, 0.05) is 42.0 Å². The number of benzene rings is 2. The van der Waals surface area contributed by atoms with Crippen molar-refractivity contribution in [2.24, 2.45) is 0 Å². The lowest BCUT2D eigenvalue weighted by atomic mass is 10.0. The zero-order valence-electron chi connectivity index (χ0n) is 13.6. The highest BCUT2D eigenvalue weighted by Gasteiger charge is 2.18. The summed E-state index contributed by atoms with van der Waals surface area (Å²) in [6, 6.07) is 18.9. The van der Waals surface area contributed by atoms with E-state index in [1.54, 1.807) is 0 Å². The van der Waals surface area contributed by atoms with Crippen LogP contribution in [0.2, 0.25) is 5.02 Å². The fourth-order valence-electron chi connectivity index (χ4n) is 3.56. The SMILES string of the molecule is Clc1ccc(-c2cn(Cc3ccccc3)c3c2CCNCC3)cc1. The molecule has 4 rings (SSSR count). The molecular weight excluding hydrogens is 316 g/mol. The Morgan fingerprint density at radius 2 is 1.67 bits per heavy atom. The first-order valence-electron chi connectivity index (χ1n) is 8.53. The summed E-state index contributed by atoms with van der Waals surface area (Å²) in [4.78, 5) is 0. The van der Waals surface area contributed by atoms with Crippen LogP contribution in [0.3, 0.4) is 0 Å². The Hall–Kier alpha value is -2.03. The van der Waals surface area contributed by atoms with Crippen LogP contribution in [-0.4, -0.2) is 17.7 Å². The van der Waals surface area contributed by atoms with Crippen molar-refractivity contribution in [3.05, 3.63) is 82.6 Å². The topological polar surface area (TPSA) is 17.0 Å². The molecule has 0 atom stereocenters. The van der Waals surface area contributed by atoms with Gasteiger partial charge in [0.15, 0.2) is 0 Å². The second kappa shape index (κ2) is 6.84. The van der Waals surface area contributed by atoms with Crippen molar-refractivity contribution in [1.82, 2.24) is 9.88 Å². The largest absolute Gasteiger partial charge is 0.346 e. The lowest BCUT2D eigenvalue weighted by Crippen LogP contribution is -2.17. The lowest BCUT2D eigenvalue weighted by Gasteiger charge is -2.09. The molecule has 24 heavy (non-hydrogen) atoms. The van der Waals surface area contributed by atoms with E-state index in [1.165, 1.54) is 27.9 Å². The molecule has 0 fully saturated rings. The van der Waals surface area contributed by atoms with Gasteiger partial charge < -0.3 is 9.88 Å². The maximum atomic E-state index is 6.07. The molecule has 2 heterocycles. The highest BCUT2D eigenvalue weighted by molar-refractivity contribution is 6.30. The second-order valence-corrected chi connectivity index (χ2v) is 6.77. The molecule has 1 N–H and O–H groups in total. The van der Waals surface area contributed by atoms with Crippen LogP contribution >= 0.6 is 11.6 Å². The van der Waals surface area contributed by atoms with Crippen molar-refractivity contribution in [3.8, 4) is 11.1 Å². The van der Waals surface area contributed by atoms with Gasteiger partial charge in [0.25, 0.3) is 0 Å². The summed E-state index contributed by atoms with van der Waals surface area (Å²) in [5, 5.41) is 4.31. The maximum Gasteiger partial charge on any atom is 0.0473 e. The molecule has 0 spiro atoms. The van der Waals surface area contributed by atoms with Crippen molar-refractivity contribution in [2.45, 2.75) is 19.4 Å². The number of hydrogen-bond donors (Lipinski definition) is 1. The first kappa shape index (κ1) is 15.5. The van der Waals surface area contributed by atoms with Gasteiger partial charge in [-0.3, -0.25) is 0 Å². The van der Waals surface area contributed by atoms with E-state index in [0.29, 0.717) is 0 Å². The summed E-state index contributed by atoms with van der Waals surface area (Å²) in [6.45, 7) is 3.02. The molecule has 1 aliphatic rings. The number of halogens is 1. The normalized spacial score (nSPS) is 14.2. The highest BCUT2D eigenvalue weighted by Crippen LogP contribution is 2.31. The number of aromatic nitrogens is 1. The van der Waals surface area contributed by atoms with Crippen LogP contribution in [0, 0.1) is 0 Å². The molecule has 0 aliphatic carbocycles. The molecule has 2 nitrogen and oxygen atoms in total. The average Bonchev–Trinajstić information content (AvgIpc) is 2.79. The Kier molecular flexibility index (Phi) is 4.42. The summed E-state index contributed by atoms with van der Waals surface area (Å²) < 4.78 is 2.43. The van der Waals surface area contributed by atoms with Crippen molar-refractivity contribution < 1.29 is 0 Å². The van der Waals surface area contributed by atoms with Crippen molar-refractivity contribution in [3.63, 3.8) is 0 Å². The predicted molar refractivity (Wildman–Crippen MR) is 101 cm³/mol. The molecule has 3 heteroatoms. The summed E-state index contributed by atoms with van der Waals surface area (Å²) in [5.41, 5.74) is 6.90. The van der Waals surface area contributed by atoms with Gasteiger partial charge in [-0.15, -0.1) is 0 Å². The quantitative estimate of drug-likeness (QED) is 0.742. The maximum absolute atomic E-state index is 6.07. The smallest absolute Gasteiger partial charge is 0.0473 e. The monoisotopic (exact) mass is 336 g/mol. The second-order valence-electron chi connectivity index (χ2n) is 6.34. The molecule has 0 amide bonds. The molecule has 0 saturated heterocycles. The van der Waals surface area contributed by atoms with Crippen molar-refractivity contribution in [2.75, 3.05) is 13.1 Å². The predicted octanol–water partition coefficient (Wildman–Crippen LogP) is 4.55. The summed E-state index contributed by atoms with van der Waals surface area (Å²) >= 11 is 6.07. The van der Waals surface area contributed by atoms with E-state index in [1.807, 2.05) is 12.1 Å². The zero-order chi connectivity index (χ0) is 16.4. The standard InChI is InChI=1S/C21H21ClN2/c22-18-8-6-17(7-9-18)20-15-24(14-16-4-2-1-3-5-16)21-11-13-23-12-10-19(20)21/h1-9,15,23H,10-14H2. The van der Waals surface area contributed by atoms with Crippen LogP contribution in [0.15, 0.2) is 60.8 Å². The third kappa shape index (κ3) is 3.12. The minimum atomic E-state index is 0.787. The van der Waals surface area contributed by atoms with Crippen molar-refractivity contribution in [1.29, 1.82) is 0 Å². The lowest BCUT2D eigenvalue weighted by molar-refractivity contribution is 0.683. The van der Waals surface area contributed by atoms with E-state index in [9.17, 15) is 0 Å². The van der Waals surface area contributed by atoms with Crippen molar-refractivity contribution >= 4 is 11.6 Å². The fraction of sp³-hybridized carbons (Fsp3) is 0.238. The van der Waals surface area contributed by atoms with Gasteiger partial charge in [-0.1, -0.05) is 54.1 Å². The van der Waals surface area contributed by atoms with E-state index < -0.39 is 0 Å². The highest BCUT2D eigenvalue weighted by atomic mass is 35.5. The minimum Gasteiger partial charge on any atom is -0.346 e. The van der Waals surface area contributed by atoms with Gasteiger partial charge in [0.05, 0.1) is 0 Å². The number of hydrogen-bond acceptors (Lipinski definition) is 1. The summed E-state index contributed by atoms with van der Waals surface area (Å²) in [7, 11) is 0. The molecule has 2 aromatic carbocycles. The Bertz CT molecular complexity index is 819. The average molecular weight is 337 g/mol. The Morgan fingerprint density at radius 1 is 0.917 bits per heavy atom. The Balaban J connectivity index is 1.78. The number of rotatable bonds is 3. The zero-order valence-corrected chi connectivity index (χ0v) is 14.4. The Morgan fingerprint density at radius 3 is 2.46 bits per heavy atom. The number of nitrogens with one attached hydrogen (secondary N) is 1. The first-order chi connectivity index (χ1) is 11.8. The van der Waals surface area contributed by atoms with E-state index in [4.69, 9.17) is 11.6 Å². The molecule has 1 aromatic heterocycles. The molecular formula is C21H21ClN2. The van der Waals surface area contributed by atoms with Crippen LogP contribution in [-0.2, 0) is 19.4 Å². The van der Waals surface area contributed by atoms with Gasteiger partial charge in [0.1, 0.15) is 0 Å². The van der Waals surface area contributed by atoms with Crippen LogP contribution in [0.5, 0.6) is 0 Å². The summed E-state index contributed by atoms with van der Waals surface area (Å²) in [5.74, 6) is 0. The summed E-state index contributed by atoms with van der Waals surface area (Å²) in [6.07, 6.45) is 4.48. The fourth-order valence-corrected chi connectivity index (χ4v) is 3.68. The third-order valence-electron chi connectivity index (χ3n) is 4.75. The molecule has 0 saturated carbocycles. The molecule has 0 unspecified atom stereocenters. The van der Waals surface area contributed by atoms with Gasteiger partial charge >= 0.3 is 0 Å². The van der Waals surface area contributed by atoms with Crippen LogP contribution in [0.25, 0.3) is 11.1 Å². The molecule has 1 aliphatic heterocycles. The van der Waals surface area contributed by atoms with E-state index in [0.717, 1.165) is 37.5 Å². The molecule has 3 aromatic rings. The van der Waals surface area contributed by atoms with Gasteiger partial charge in [-0.05, 0) is 41.8 Å². The van der Waals surface area contributed by atoms with Crippen LogP contribution < -0.4 is 5.32 Å². The van der Waals surface area contributed by atoms with E-state index in [2.05, 4.69) is 58.5 Å².